The second-order valence-corrected chi connectivity index (χ2v) is 9.91. The lowest BCUT2D eigenvalue weighted by Gasteiger charge is -2.27. The number of nitrogens with one attached hydrogen (secondary N) is 2. The molecule has 1 aliphatic rings. The summed E-state index contributed by atoms with van der Waals surface area (Å²) in [5.74, 6) is 1.06. The minimum atomic E-state index is -0.285. The first-order chi connectivity index (χ1) is 16.7. The molecular weight excluding hydrogens is 446 g/mol. The van der Waals surface area contributed by atoms with E-state index in [1.54, 1.807) is 12.1 Å². The van der Waals surface area contributed by atoms with E-state index in [0.29, 0.717) is 17.3 Å². The number of phenols is 2. The summed E-state index contributed by atoms with van der Waals surface area (Å²) < 4.78 is 7.03. The smallest absolute Gasteiger partial charge is 0.225 e. The molecule has 1 saturated carbocycles. The predicted octanol–water partition coefficient (Wildman–Crippen LogP) is 4.24. The lowest BCUT2D eigenvalue weighted by atomic mass is 9.92. The highest BCUT2D eigenvalue weighted by Crippen LogP contribution is 2.38. The van der Waals surface area contributed by atoms with E-state index in [2.05, 4.69) is 38.3 Å². The number of nitrogens with zero attached hydrogens (tertiary/aromatic N) is 4. The number of aromatic nitrogens is 4. The van der Waals surface area contributed by atoms with Crippen LogP contribution < -0.4 is 21.1 Å². The van der Waals surface area contributed by atoms with Gasteiger partial charge >= 0.3 is 0 Å². The highest BCUT2D eigenvalue weighted by molar-refractivity contribution is 5.89. The normalized spacial score (nSPS) is 18.4. The van der Waals surface area contributed by atoms with Gasteiger partial charge in [0.2, 0.25) is 11.7 Å². The van der Waals surface area contributed by atoms with E-state index in [1.165, 1.54) is 7.11 Å². The number of fused-ring (bicyclic) bond motifs is 1. The highest BCUT2D eigenvalue weighted by Gasteiger charge is 2.24. The molecule has 1 fully saturated rings. The van der Waals surface area contributed by atoms with Crippen molar-refractivity contribution in [3.63, 3.8) is 0 Å². The van der Waals surface area contributed by atoms with Gasteiger partial charge < -0.3 is 31.3 Å². The maximum absolute atomic E-state index is 10.5. The van der Waals surface area contributed by atoms with Crippen molar-refractivity contribution >= 4 is 22.8 Å². The molecule has 0 saturated heterocycles. The maximum atomic E-state index is 10.5. The Balaban J connectivity index is 1.74. The van der Waals surface area contributed by atoms with Gasteiger partial charge in [0.15, 0.2) is 17.3 Å². The van der Waals surface area contributed by atoms with Crippen LogP contribution in [0.15, 0.2) is 12.1 Å². The van der Waals surface area contributed by atoms with Crippen molar-refractivity contribution in [1.82, 2.24) is 19.7 Å². The molecule has 3 aromatic rings. The SMILES string of the molecule is COc1ccc(CNc2nc(NC3CCC(N)CC3)nc3c(C(C)C)nn(C(C)C)c23)c(O)c1O. The summed E-state index contributed by atoms with van der Waals surface area (Å²) in [5, 5.41) is 32.4. The fourth-order valence-electron chi connectivity index (χ4n) is 4.55. The molecule has 10 heteroatoms. The second kappa shape index (κ2) is 10.2. The fraction of sp³-hybridized carbons (Fsp3) is 0.560. The van der Waals surface area contributed by atoms with Gasteiger partial charge in [0.25, 0.3) is 0 Å². The zero-order chi connectivity index (χ0) is 25.3. The number of hydrogen-bond donors (Lipinski definition) is 5. The Hall–Kier alpha value is -3.27. The first-order valence-corrected chi connectivity index (χ1v) is 12.3. The van der Waals surface area contributed by atoms with Crippen molar-refractivity contribution in [2.24, 2.45) is 5.73 Å². The molecule has 6 N–H and O–H groups in total. The van der Waals surface area contributed by atoms with Crippen LogP contribution in [-0.2, 0) is 6.54 Å². The Kier molecular flexibility index (Phi) is 7.20. The summed E-state index contributed by atoms with van der Waals surface area (Å²) >= 11 is 0. The summed E-state index contributed by atoms with van der Waals surface area (Å²) in [6.45, 7) is 8.61. The monoisotopic (exact) mass is 483 g/mol. The lowest BCUT2D eigenvalue weighted by Crippen LogP contribution is -2.33. The minimum absolute atomic E-state index is 0.103. The largest absolute Gasteiger partial charge is 0.504 e. The van der Waals surface area contributed by atoms with Crippen molar-refractivity contribution in [1.29, 1.82) is 0 Å². The van der Waals surface area contributed by atoms with Gasteiger partial charge in [-0.05, 0) is 57.6 Å². The van der Waals surface area contributed by atoms with Gasteiger partial charge in [0.05, 0.1) is 12.8 Å². The molecule has 0 bridgehead atoms. The number of rotatable bonds is 8. The van der Waals surface area contributed by atoms with Crippen LogP contribution in [0.4, 0.5) is 11.8 Å². The fourth-order valence-corrected chi connectivity index (χ4v) is 4.55. The molecule has 0 spiro atoms. The highest BCUT2D eigenvalue weighted by atomic mass is 16.5. The Morgan fingerprint density at radius 3 is 2.43 bits per heavy atom. The summed E-state index contributed by atoms with van der Waals surface area (Å²) in [6, 6.07) is 3.97. The standard InChI is InChI=1S/C25H37N7O3/c1-13(2)19-20-21(32(31-19)14(3)4)24(27-12-15-6-11-18(35-5)23(34)22(15)33)30-25(29-20)28-17-9-7-16(26)8-10-17/h6,11,13-14,16-17,33-34H,7-10,12,26H2,1-5H3,(H2,27,28,29,30). The number of benzene rings is 1. The predicted molar refractivity (Wildman–Crippen MR) is 137 cm³/mol. The molecule has 2 aromatic heterocycles. The first-order valence-electron chi connectivity index (χ1n) is 12.3. The van der Waals surface area contributed by atoms with E-state index >= 15 is 0 Å². The summed E-state index contributed by atoms with van der Waals surface area (Å²) in [7, 11) is 1.44. The summed E-state index contributed by atoms with van der Waals surface area (Å²) in [6.07, 6.45) is 3.92. The number of anilines is 2. The van der Waals surface area contributed by atoms with Gasteiger partial charge in [-0.25, -0.2) is 4.98 Å². The number of ether oxygens (including phenoxy) is 1. The number of nitrogens with two attached hydrogens (primary N) is 1. The van der Waals surface area contributed by atoms with Crippen molar-refractivity contribution in [2.75, 3.05) is 17.7 Å². The van der Waals surface area contributed by atoms with Crippen LogP contribution in [0.25, 0.3) is 11.0 Å². The second-order valence-electron chi connectivity index (χ2n) is 9.91. The van der Waals surface area contributed by atoms with Crippen LogP contribution in [0.3, 0.4) is 0 Å². The molecule has 0 aliphatic heterocycles. The van der Waals surface area contributed by atoms with Gasteiger partial charge in [-0.15, -0.1) is 0 Å². The molecule has 0 radical (unpaired) electrons. The van der Waals surface area contributed by atoms with Crippen LogP contribution in [0, 0.1) is 0 Å². The van der Waals surface area contributed by atoms with Crippen LogP contribution in [0.5, 0.6) is 17.2 Å². The van der Waals surface area contributed by atoms with E-state index in [1.807, 2.05) is 4.68 Å². The Morgan fingerprint density at radius 2 is 1.80 bits per heavy atom. The van der Waals surface area contributed by atoms with Crippen molar-refractivity contribution in [3.05, 3.63) is 23.4 Å². The van der Waals surface area contributed by atoms with Gasteiger partial charge in [0, 0.05) is 30.2 Å². The van der Waals surface area contributed by atoms with Gasteiger partial charge in [-0.3, -0.25) is 4.68 Å². The maximum Gasteiger partial charge on any atom is 0.225 e. The molecule has 190 valence electrons. The third-order valence-corrected chi connectivity index (χ3v) is 6.58. The molecule has 1 aliphatic carbocycles. The Bertz CT molecular complexity index is 1180. The van der Waals surface area contributed by atoms with Crippen LogP contribution >= 0.6 is 0 Å². The molecule has 10 nitrogen and oxygen atoms in total. The molecule has 0 unspecified atom stereocenters. The average Bonchev–Trinajstić information content (AvgIpc) is 3.22. The van der Waals surface area contributed by atoms with Crippen LogP contribution in [-0.4, -0.2) is 49.2 Å². The molecule has 0 amide bonds. The van der Waals surface area contributed by atoms with Crippen LogP contribution in [0.1, 0.15) is 76.6 Å². The Morgan fingerprint density at radius 1 is 1.09 bits per heavy atom. The molecule has 0 atom stereocenters. The third-order valence-electron chi connectivity index (χ3n) is 6.58. The molecule has 35 heavy (non-hydrogen) atoms. The van der Waals surface area contributed by atoms with Crippen molar-refractivity contribution < 1.29 is 14.9 Å². The van der Waals surface area contributed by atoms with Crippen molar-refractivity contribution in [2.45, 2.75) is 84.0 Å². The van der Waals surface area contributed by atoms with Gasteiger partial charge in [-0.2, -0.15) is 10.1 Å². The Labute approximate surface area is 205 Å². The molecular formula is C25H37N7O3. The number of phenolic OH excluding ortho intramolecular Hbond substituents is 2. The minimum Gasteiger partial charge on any atom is -0.504 e. The summed E-state index contributed by atoms with van der Waals surface area (Å²) in [4.78, 5) is 9.74. The van der Waals surface area contributed by atoms with E-state index < -0.39 is 0 Å². The average molecular weight is 484 g/mol. The molecule has 4 rings (SSSR count). The lowest BCUT2D eigenvalue weighted by molar-refractivity contribution is 0.349. The number of aromatic hydroxyl groups is 2. The van der Waals surface area contributed by atoms with Crippen LogP contribution in [0.2, 0.25) is 0 Å². The van der Waals surface area contributed by atoms with Gasteiger partial charge in [-0.1, -0.05) is 13.8 Å². The zero-order valence-electron chi connectivity index (χ0n) is 21.2. The zero-order valence-corrected chi connectivity index (χ0v) is 21.2. The molecule has 2 heterocycles. The number of methoxy groups -OCH3 is 1. The van der Waals surface area contributed by atoms with E-state index in [9.17, 15) is 10.2 Å². The quantitative estimate of drug-likeness (QED) is 0.297. The third kappa shape index (κ3) is 5.07. The summed E-state index contributed by atoms with van der Waals surface area (Å²) in [5.41, 5.74) is 9.14. The van der Waals surface area contributed by atoms with Crippen molar-refractivity contribution in [3.8, 4) is 17.2 Å². The van der Waals surface area contributed by atoms with E-state index in [0.717, 1.165) is 42.4 Å². The first kappa shape index (κ1) is 24.8. The molecule has 1 aromatic carbocycles. The van der Waals surface area contributed by atoms with Gasteiger partial charge in [0.1, 0.15) is 11.0 Å². The van der Waals surface area contributed by atoms with E-state index in [4.69, 9.17) is 25.5 Å². The topological polar surface area (TPSA) is 143 Å². The number of hydrogen-bond acceptors (Lipinski definition) is 9. The van der Waals surface area contributed by atoms with E-state index in [-0.39, 0.29) is 47.8 Å².